The molecule has 1 heterocycles. The van der Waals surface area contributed by atoms with Crippen LogP contribution in [0.25, 0.3) is 0 Å². The van der Waals surface area contributed by atoms with Crippen molar-refractivity contribution in [3.05, 3.63) is 22.7 Å². The van der Waals surface area contributed by atoms with E-state index in [1.807, 2.05) is 18.2 Å². The van der Waals surface area contributed by atoms with Gasteiger partial charge in [-0.3, -0.25) is 4.79 Å². The fraction of sp³-hybridized carbons (Fsp3) is 0.533. The first-order valence-corrected chi connectivity index (χ1v) is 7.76. The number of benzene rings is 1. The lowest BCUT2D eigenvalue weighted by Crippen LogP contribution is -2.47. The molecule has 0 bridgehead atoms. The van der Waals surface area contributed by atoms with Gasteiger partial charge in [0.15, 0.2) is 0 Å². The Morgan fingerprint density at radius 3 is 2.90 bits per heavy atom. The van der Waals surface area contributed by atoms with Gasteiger partial charge in [0.2, 0.25) is 5.91 Å². The van der Waals surface area contributed by atoms with Gasteiger partial charge in [-0.05, 0) is 37.9 Å². The smallest absolute Gasteiger partial charge is 0.231 e. The molecule has 110 valence electrons. The second kappa shape index (κ2) is 6.59. The van der Waals surface area contributed by atoms with E-state index in [-0.39, 0.29) is 11.3 Å². The molecule has 2 N–H and O–H groups in total. The second-order valence-electron chi connectivity index (χ2n) is 5.25. The van der Waals surface area contributed by atoms with Gasteiger partial charge in [-0.15, -0.1) is 0 Å². The van der Waals surface area contributed by atoms with Crippen molar-refractivity contribution in [1.82, 2.24) is 5.32 Å². The largest absolute Gasteiger partial charge is 0.497 e. The van der Waals surface area contributed by atoms with Crippen LogP contribution in [0.4, 0.5) is 5.69 Å². The number of rotatable bonds is 4. The highest BCUT2D eigenvalue weighted by Gasteiger charge is 2.37. The number of hydrogen-bond donors (Lipinski definition) is 2. The minimum absolute atomic E-state index is 0.0901. The van der Waals surface area contributed by atoms with E-state index >= 15 is 0 Å². The van der Waals surface area contributed by atoms with Crippen molar-refractivity contribution >= 4 is 27.5 Å². The van der Waals surface area contributed by atoms with Crippen LogP contribution in [0, 0.1) is 5.41 Å². The van der Waals surface area contributed by atoms with Crippen molar-refractivity contribution in [3.63, 3.8) is 0 Å². The van der Waals surface area contributed by atoms with Crippen molar-refractivity contribution in [2.24, 2.45) is 5.41 Å². The van der Waals surface area contributed by atoms with Crippen LogP contribution in [0.3, 0.4) is 0 Å². The van der Waals surface area contributed by atoms with Gasteiger partial charge in [0.25, 0.3) is 0 Å². The third-order valence-corrected chi connectivity index (χ3v) is 4.45. The number of anilines is 1. The topological polar surface area (TPSA) is 50.4 Å². The number of carbonyl (C=O) groups excluding carboxylic acids is 1. The van der Waals surface area contributed by atoms with E-state index in [0.29, 0.717) is 0 Å². The first-order valence-electron chi connectivity index (χ1n) is 6.96. The summed E-state index contributed by atoms with van der Waals surface area (Å²) in [6.45, 7) is 3.83. The molecule has 1 saturated heterocycles. The molecular formula is C15H21BrN2O2. The van der Waals surface area contributed by atoms with Crippen LogP contribution in [-0.2, 0) is 4.79 Å². The average molecular weight is 341 g/mol. The zero-order valence-corrected chi connectivity index (χ0v) is 13.5. The standard InChI is InChI=1S/C15H21BrN2O2/c1-3-15(5-4-6-17-10-15)14(19)18-12-7-11(16)8-13(9-12)20-2/h7-9,17H,3-6,10H2,1-2H3,(H,18,19). The summed E-state index contributed by atoms with van der Waals surface area (Å²) in [5.41, 5.74) is 0.466. The zero-order chi connectivity index (χ0) is 14.6. The van der Waals surface area contributed by atoms with Gasteiger partial charge < -0.3 is 15.4 Å². The summed E-state index contributed by atoms with van der Waals surface area (Å²) in [5, 5.41) is 6.36. The molecule has 1 aromatic rings. The lowest BCUT2D eigenvalue weighted by atomic mass is 9.77. The zero-order valence-electron chi connectivity index (χ0n) is 12.0. The van der Waals surface area contributed by atoms with Gasteiger partial charge in [-0.2, -0.15) is 0 Å². The fourth-order valence-electron chi connectivity index (χ4n) is 2.64. The summed E-state index contributed by atoms with van der Waals surface area (Å²) in [6.07, 6.45) is 2.83. The van der Waals surface area contributed by atoms with Gasteiger partial charge in [0.1, 0.15) is 5.75 Å². The Kier molecular flexibility index (Phi) is 5.05. The number of hydrogen-bond acceptors (Lipinski definition) is 3. The molecule has 4 nitrogen and oxygen atoms in total. The average Bonchev–Trinajstić information content (AvgIpc) is 2.47. The summed E-state index contributed by atoms with van der Waals surface area (Å²) in [7, 11) is 1.62. The molecule has 1 atom stereocenters. The van der Waals surface area contributed by atoms with Crippen molar-refractivity contribution in [3.8, 4) is 5.75 Å². The van der Waals surface area contributed by atoms with Crippen LogP contribution in [-0.4, -0.2) is 26.1 Å². The molecular weight excluding hydrogens is 320 g/mol. The van der Waals surface area contributed by atoms with Crippen LogP contribution in [0.2, 0.25) is 0 Å². The minimum atomic E-state index is -0.298. The van der Waals surface area contributed by atoms with Crippen LogP contribution in [0.5, 0.6) is 5.75 Å². The Morgan fingerprint density at radius 1 is 1.50 bits per heavy atom. The molecule has 1 aliphatic heterocycles. The van der Waals surface area contributed by atoms with Gasteiger partial charge in [-0.25, -0.2) is 0 Å². The van der Waals surface area contributed by atoms with Crippen LogP contribution in [0.1, 0.15) is 26.2 Å². The number of piperidine rings is 1. The van der Waals surface area contributed by atoms with E-state index in [1.54, 1.807) is 7.11 Å². The molecule has 1 amide bonds. The predicted molar refractivity (Wildman–Crippen MR) is 84.2 cm³/mol. The molecule has 0 aliphatic carbocycles. The molecule has 2 rings (SSSR count). The van der Waals surface area contributed by atoms with Gasteiger partial charge >= 0.3 is 0 Å². The maximum atomic E-state index is 12.6. The Hall–Kier alpha value is -1.07. The lowest BCUT2D eigenvalue weighted by molar-refractivity contribution is -0.126. The fourth-order valence-corrected chi connectivity index (χ4v) is 3.11. The van der Waals surface area contributed by atoms with Crippen molar-refractivity contribution in [2.75, 3.05) is 25.5 Å². The van der Waals surface area contributed by atoms with Crippen molar-refractivity contribution in [1.29, 1.82) is 0 Å². The van der Waals surface area contributed by atoms with Crippen molar-refractivity contribution < 1.29 is 9.53 Å². The molecule has 0 saturated carbocycles. The quantitative estimate of drug-likeness (QED) is 0.884. The second-order valence-corrected chi connectivity index (χ2v) is 6.16. The van der Waals surface area contributed by atoms with E-state index < -0.39 is 0 Å². The molecule has 1 fully saturated rings. The number of ether oxygens (including phenoxy) is 1. The third kappa shape index (κ3) is 3.33. The highest BCUT2D eigenvalue weighted by atomic mass is 79.9. The SMILES string of the molecule is CCC1(C(=O)Nc2cc(Br)cc(OC)c2)CCCNC1. The Morgan fingerprint density at radius 2 is 2.30 bits per heavy atom. The molecule has 0 radical (unpaired) electrons. The molecule has 1 unspecified atom stereocenters. The van der Waals surface area contributed by atoms with Gasteiger partial charge in [0, 0.05) is 22.8 Å². The molecule has 0 aromatic heterocycles. The molecule has 1 aliphatic rings. The van der Waals surface area contributed by atoms with E-state index in [4.69, 9.17) is 4.74 Å². The first kappa shape index (κ1) is 15.3. The Labute approximate surface area is 128 Å². The van der Waals surface area contributed by atoms with Crippen LogP contribution >= 0.6 is 15.9 Å². The lowest BCUT2D eigenvalue weighted by Gasteiger charge is -2.35. The number of carbonyl (C=O) groups is 1. The maximum Gasteiger partial charge on any atom is 0.231 e. The number of halogens is 1. The Balaban J connectivity index is 2.15. The van der Waals surface area contributed by atoms with E-state index in [1.165, 1.54) is 0 Å². The third-order valence-electron chi connectivity index (χ3n) is 4.00. The normalized spacial score (nSPS) is 22.4. The molecule has 1 aromatic carbocycles. The highest BCUT2D eigenvalue weighted by molar-refractivity contribution is 9.10. The maximum absolute atomic E-state index is 12.6. The van der Waals surface area contributed by atoms with Crippen LogP contribution < -0.4 is 15.4 Å². The van der Waals surface area contributed by atoms with E-state index in [0.717, 1.165) is 48.3 Å². The number of amides is 1. The summed E-state index contributed by atoms with van der Waals surface area (Å²) >= 11 is 3.43. The minimum Gasteiger partial charge on any atom is -0.497 e. The summed E-state index contributed by atoms with van der Waals surface area (Å²) < 4.78 is 6.11. The molecule has 0 spiro atoms. The van der Waals surface area contributed by atoms with Crippen molar-refractivity contribution in [2.45, 2.75) is 26.2 Å². The van der Waals surface area contributed by atoms with E-state index in [9.17, 15) is 4.79 Å². The Bertz CT molecular complexity index is 485. The summed E-state index contributed by atoms with van der Waals surface area (Å²) in [5.74, 6) is 0.814. The van der Waals surface area contributed by atoms with Gasteiger partial charge in [-0.1, -0.05) is 22.9 Å². The van der Waals surface area contributed by atoms with Gasteiger partial charge in [0.05, 0.1) is 12.5 Å². The van der Waals surface area contributed by atoms with E-state index in [2.05, 4.69) is 33.5 Å². The number of methoxy groups -OCH3 is 1. The monoisotopic (exact) mass is 340 g/mol. The summed E-state index contributed by atoms with van der Waals surface area (Å²) in [6, 6.07) is 5.59. The molecule has 20 heavy (non-hydrogen) atoms. The molecule has 5 heteroatoms. The predicted octanol–water partition coefficient (Wildman–Crippen LogP) is 3.18. The summed E-state index contributed by atoms with van der Waals surface area (Å²) in [4.78, 5) is 12.6. The number of nitrogens with one attached hydrogen (secondary N) is 2. The highest BCUT2D eigenvalue weighted by Crippen LogP contribution is 2.32. The first-order chi connectivity index (χ1) is 9.59. The van der Waals surface area contributed by atoms with Crippen LogP contribution in [0.15, 0.2) is 22.7 Å².